The van der Waals surface area contributed by atoms with Crippen molar-refractivity contribution in [1.29, 1.82) is 0 Å². The van der Waals surface area contributed by atoms with Crippen molar-refractivity contribution in [3.8, 4) is 0 Å². The maximum atomic E-state index is 2.70. The van der Waals surface area contributed by atoms with Crippen LogP contribution in [0.5, 0.6) is 0 Å². The zero-order valence-corrected chi connectivity index (χ0v) is 25.9. The van der Waals surface area contributed by atoms with Gasteiger partial charge in [0.1, 0.15) is 0 Å². The van der Waals surface area contributed by atoms with Crippen LogP contribution in [0, 0.1) is 10.8 Å². The van der Waals surface area contributed by atoms with Crippen LogP contribution in [0.4, 0.5) is 0 Å². The summed E-state index contributed by atoms with van der Waals surface area (Å²) in [4.78, 5) is 0. The van der Waals surface area contributed by atoms with E-state index in [-0.39, 0.29) is 0 Å². The minimum absolute atomic E-state index is 0.300. The Bertz CT molecular complexity index is 1010. The van der Waals surface area contributed by atoms with Gasteiger partial charge < -0.3 is 0 Å². The van der Waals surface area contributed by atoms with Gasteiger partial charge in [0.25, 0.3) is 0 Å². The molecule has 3 aliphatic carbocycles. The van der Waals surface area contributed by atoms with Crippen molar-refractivity contribution in [2.75, 3.05) is 0 Å². The summed E-state index contributed by atoms with van der Waals surface area (Å²) in [5, 5.41) is 0. The van der Waals surface area contributed by atoms with Crippen LogP contribution >= 0.6 is 0 Å². The molecular weight excluding hydrogens is 551 g/mol. The second-order valence-electron chi connectivity index (χ2n) is 12.6. The average Bonchev–Trinajstić information content (AvgIpc) is 3.30. The first-order chi connectivity index (χ1) is 14.8. The molecule has 32 heavy (non-hydrogen) atoms. The summed E-state index contributed by atoms with van der Waals surface area (Å²) in [5.41, 5.74) is 13.8. The third-order valence-electron chi connectivity index (χ3n) is 9.50. The van der Waals surface area contributed by atoms with E-state index in [2.05, 4.69) is 93.5 Å². The number of hydrogen-bond donors (Lipinski definition) is 0. The van der Waals surface area contributed by atoms with Gasteiger partial charge in [0.15, 0.2) is 0 Å². The Morgan fingerprint density at radius 2 is 1.41 bits per heavy atom. The standard InChI is InChI=1S/C21H29.C10H15.Hf/c1-6-21(7-2)13-17-10-15-8-9-16(12-20(3,4)5)19(15)11-18(17)14-21;1-6-7(2)9(4)10(5)8(6)3;/h8-11H,6-7,12-14H2,1-5H3;1-5H3;. The zero-order valence-electron chi connectivity index (χ0n) is 22.3. The fraction of sp³-hybridized carbons (Fsp3) is 0.613. The number of allylic oxidation sites excluding steroid dienone is 5. The van der Waals surface area contributed by atoms with Crippen LogP contribution in [-0.4, -0.2) is 0 Å². The Labute approximate surface area is 209 Å². The molecule has 1 unspecified atom stereocenters. The molecule has 0 amide bonds. The van der Waals surface area contributed by atoms with Gasteiger partial charge in [-0.25, -0.2) is 0 Å². The molecule has 3 aliphatic rings. The van der Waals surface area contributed by atoms with Gasteiger partial charge in [0, 0.05) is 0 Å². The van der Waals surface area contributed by atoms with E-state index in [1.54, 1.807) is 44.5 Å². The fourth-order valence-corrected chi connectivity index (χ4v) is 16.9. The first-order valence-corrected chi connectivity index (χ1v) is 16.4. The molecule has 0 aromatic heterocycles. The first-order valence-electron chi connectivity index (χ1n) is 12.8. The predicted octanol–water partition coefficient (Wildman–Crippen LogP) is 9.20. The molecule has 1 atom stereocenters. The molecule has 0 N–H and O–H groups in total. The number of rotatable bonds is 5. The fourth-order valence-electron chi connectivity index (χ4n) is 6.88. The molecule has 0 aliphatic heterocycles. The second kappa shape index (κ2) is 7.93. The van der Waals surface area contributed by atoms with E-state index in [0.717, 1.165) is 0 Å². The Balaban J connectivity index is 1.83. The normalized spacial score (nSPS) is 25.6. The zero-order chi connectivity index (χ0) is 23.7. The maximum absolute atomic E-state index is 2.70. The van der Waals surface area contributed by atoms with E-state index in [1.165, 1.54) is 32.1 Å². The topological polar surface area (TPSA) is 0 Å². The van der Waals surface area contributed by atoms with Crippen LogP contribution in [0.3, 0.4) is 0 Å². The van der Waals surface area contributed by atoms with Gasteiger partial charge in [-0.05, 0) is 0 Å². The van der Waals surface area contributed by atoms with E-state index in [9.17, 15) is 0 Å². The number of benzene rings is 1. The average molecular weight is 595 g/mol. The second-order valence-corrected chi connectivity index (χ2v) is 20.3. The quantitative estimate of drug-likeness (QED) is 0.298. The predicted molar refractivity (Wildman–Crippen MR) is 137 cm³/mol. The Morgan fingerprint density at radius 1 is 0.875 bits per heavy atom. The van der Waals surface area contributed by atoms with Crippen LogP contribution in [0.25, 0.3) is 6.08 Å². The van der Waals surface area contributed by atoms with Crippen molar-refractivity contribution in [3.63, 3.8) is 0 Å². The van der Waals surface area contributed by atoms with Gasteiger partial charge in [0.05, 0.1) is 0 Å². The summed E-state index contributed by atoms with van der Waals surface area (Å²) < 4.78 is 0.634. The molecule has 0 saturated carbocycles. The summed E-state index contributed by atoms with van der Waals surface area (Å²) in [6, 6.07) is 5.30. The van der Waals surface area contributed by atoms with E-state index in [1.807, 2.05) is 0 Å². The van der Waals surface area contributed by atoms with E-state index in [0.29, 0.717) is 17.2 Å². The molecule has 1 aromatic carbocycles. The van der Waals surface area contributed by atoms with Gasteiger partial charge in [-0.15, -0.1) is 0 Å². The molecule has 0 fully saturated rings. The Morgan fingerprint density at radius 3 is 1.91 bits per heavy atom. The van der Waals surface area contributed by atoms with Gasteiger partial charge in [0.2, 0.25) is 0 Å². The van der Waals surface area contributed by atoms with E-state index >= 15 is 0 Å². The molecule has 0 nitrogen and oxygen atoms in total. The van der Waals surface area contributed by atoms with Crippen LogP contribution < -0.4 is 0 Å². The summed E-state index contributed by atoms with van der Waals surface area (Å²) in [6.45, 7) is 24.4. The van der Waals surface area contributed by atoms with E-state index < -0.39 is 22.9 Å². The molecule has 0 radical (unpaired) electrons. The number of hydrogen-bond acceptors (Lipinski definition) is 0. The SMILES string of the molecule is CCC1(CC)Cc2cc3c(cc2C1)[C](CC(C)(C)C)([Hf][C]1(C)C(C)=C(C)C(C)=C1C)C=C3. The molecular formula is C31H44Hf. The van der Waals surface area contributed by atoms with Crippen molar-refractivity contribution in [2.24, 2.45) is 10.8 Å². The van der Waals surface area contributed by atoms with Crippen LogP contribution in [-0.2, 0) is 38.9 Å². The van der Waals surface area contributed by atoms with Crippen LogP contribution in [0.15, 0.2) is 40.5 Å². The Hall–Kier alpha value is -0.690. The van der Waals surface area contributed by atoms with Crippen molar-refractivity contribution >= 4 is 6.08 Å². The van der Waals surface area contributed by atoms with Crippen molar-refractivity contribution in [1.82, 2.24) is 0 Å². The summed E-state index contributed by atoms with van der Waals surface area (Å²) in [7, 11) is 0. The molecule has 1 aromatic rings. The molecule has 172 valence electrons. The molecule has 0 spiro atoms. The van der Waals surface area contributed by atoms with Gasteiger partial charge in [-0.1, -0.05) is 0 Å². The molecule has 4 rings (SSSR count). The first kappa shape index (κ1) is 24.4. The summed E-state index contributed by atoms with van der Waals surface area (Å²) >= 11 is -1.23. The van der Waals surface area contributed by atoms with Crippen molar-refractivity contribution < 1.29 is 22.9 Å². The van der Waals surface area contributed by atoms with Gasteiger partial charge >= 0.3 is 210 Å². The van der Waals surface area contributed by atoms with Crippen molar-refractivity contribution in [2.45, 2.75) is 108 Å². The third-order valence-corrected chi connectivity index (χ3v) is 17.8. The number of fused-ring (bicyclic) bond motifs is 2. The molecule has 1 heteroatoms. The Kier molecular flexibility index (Phi) is 6.05. The van der Waals surface area contributed by atoms with Crippen LogP contribution in [0.1, 0.15) is 111 Å². The third kappa shape index (κ3) is 3.73. The van der Waals surface area contributed by atoms with Crippen molar-refractivity contribution in [3.05, 3.63) is 62.8 Å². The monoisotopic (exact) mass is 596 g/mol. The summed E-state index contributed by atoms with van der Waals surface area (Å²) in [5.74, 6) is 0. The van der Waals surface area contributed by atoms with Gasteiger partial charge in [-0.3, -0.25) is 0 Å². The van der Waals surface area contributed by atoms with Gasteiger partial charge in [-0.2, -0.15) is 0 Å². The summed E-state index contributed by atoms with van der Waals surface area (Å²) in [6.07, 6.45) is 11.7. The molecule has 0 bridgehead atoms. The molecule has 0 saturated heterocycles. The molecule has 0 heterocycles. The van der Waals surface area contributed by atoms with Crippen LogP contribution in [0.2, 0.25) is 3.17 Å². The minimum atomic E-state index is -1.23. The van der Waals surface area contributed by atoms with E-state index in [4.69, 9.17) is 0 Å².